The van der Waals surface area contributed by atoms with Crippen LogP contribution in [-0.2, 0) is 0 Å². The minimum Gasteiger partial charge on any atom is -0.451 e. The zero-order chi connectivity index (χ0) is 19.5. The number of nitrogens with zero attached hydrogens (tertiary/aromatic N) is 2. The Hall–Kier alpha value is -3.41. The highest BCUT2D eigenvalue weighted by Gasteiger charge is 2.27. The topological polar surface area (TPSA) is 53.8 Å². The van der Waals surface area contributed by atoms with Gasteiger partial charge in [0.25, 0.3) is 11.8 Å². The summed E-state index contributed by atoms with van der Waals surface area (Å²) in [5.41, 5.74) is 1.36. The average Bonchev–Trinajstić information content (AvgIpc) is 3.24. The molecule has 4 rings (SSSR count). The molecular formula is C22H19FN2O3. The summed E-state index contributed by atoms with van der Waals surface area (Å²) in [5, 5.41) is 0. The molecule has 6 heteroatoms. The lowest BCUT2D eigenvalue weighted by molar-refractivity contribution is 0.0518. The number of amides is 2. The van der Waals surface area contributed by atoms with E-state index in [1.54, 1.807) is 46.2 Å². The van der Waals surface area contributed by atoms with Gasteiger partial charge in [0.05, 0.1) is 0 Å². The van der Waals surface area contributed by atoms with Gasteiger partial charge < -0.3 is 14.2 Å². The normalized spacial score (nSPS) is 14.2. The van der Waals surface area contributed by atoms with Crippen LogP contribution in [0.3, 0.4) is 0 Å². The van der Waals surface area contributed by atoms with Gasteiger partial charge in [0.2, 0.25) is 0 Å². The number of hydrogen-bond acceptors (Lipinski definition) is 3. The van der Waals surface area contributed by atoms with E-state index < -0.39 is 0 Å². The minimum atomic E-state index is -0.325. The monoisotopic (exact) mass is 378 g/mol. The molecule has 0 spiro atoms. The Morgan fingerprint density at radius 2 is 1.36 bits per heavy atom. The number of piperazine rings is 1. The first kappa shape index (κ1) is 18.0. The van der Waals surface area contributed by atoms with Gasteiger partial charge in [-0.05, 0) is 48.5 Å². The predicted molar refractivity (Wildman–Crippen MR) is 102 cm³/mol. The molecule has 142 valence electrons. The second kappa shape index (κ2) is 7.68. The van der Waals surface area contributed by atoms with E-state index >= 15 is 0 Å². The van der Waals surface area contributed by atoms with E-state index in [-0.39, 0.29) is 23.4 Å². The van der Waals surface area contributed by atoms with Gasteiger partial charge in [-0.2, -0.15) is 0 Å². The second-order valence-corrected chi connectivity index (χ2v) is 6.62. The highest BCUT2D eigenvalue weighted by molar-refractivity contribution is 5.95. The zero-order valence-electron chi connectivity index (χ0n) is 15.2. The van der Waals surface area contributed by atoms with E-state index in [1.807, 2.05) is 18.2 Å². The van der Waals surface area contributed by atoms with Gasteiger partial charge in [-0.1, -0.05) is 18.2 Å². The van der Waals surface area contributed by atoms with Gasteiger partial charge in [-0.3, -0.25) is 9.59 Å². The maximum atomic E-state index is 13.1. The molecule has 0 atom stereocenters. The molecule has 0 unspecified atom stereocenters. The fraction of sp³-hybridized carbons (Fsp3) is 0.182. The first-order valence-corrected chi connectivity index (χ1v) is 9.11. The molecule has 2 heterocycles. The fourth-order valence-electron chi connectivity index (χ4n) is 3.25. The van der Waals surface area contributed by atoms with Crippen LogP contribution in [0.5, 0.6) is 0 Å². The molecule has 2 amide bonds. The van der Waals surface area contributed by atoms with E-state index in [0.717, 1.165) is 0 Å². The Balaban J connectivity index is 1.39. The molecule has 1 aliphatic rings. The van der Waals surface area contributed by atoms with E-state index in [9.17, 15) is 14.0 Å². The van der Waals surface area contributed by atoms with Gasteiger partial charge in [0, 0.05) is 37.3 Å². The largest absolute Gasteiger partial charge is 0.451 e. The van der Waals surface area contributed by atoms with Crippen molar-refractivity contribution in [3.05, 3.63) is 83.9 Å². The molecule has 1 aliphatic heterocycles. The summed E-state index contributed by atoms with van der Waals surface area (Å²) < 4.78 is 18.7. The number of rotatable bonds is 3. The number of halogens is 1. The molecule has 0 saturated carbocycles. The minimum absolute atomic E-state index is 0.0238. The summed E-state index contributed by atoms with van der Waals surface area (Å²) in [6.07, 6.45) is 0. The van der Waals surface area contributed by atoms with Gasteiger partial charge >= 0.3 is 0 Å². The number of carbonyl (C=O) groups is 2. The highest BCUT2D eigenvalue weighted by atomic mass is 19.1. The highest BCUT2D eigenvalue weighted by Crippen LogP contribution is 2.23. The summed E-state index contributed by atoms with van der Waals surface area (Å²) >= 11 is 0. The Morgan fingerprint density at radius 1 is 0.750 bits per heavy atom. The fourth-order valence-corrected chi connectivity index (χ4v) is 3.25. The van der Waals surface area contributed by atoms with E-state index in [0.29, 0.717) is 43.1 Å². The van der Waals surface area contributed by atoms with Crippen LogP contribution in [-0.4, -0.2) is 47.8 Å². The van der Waals surface area contributed by atoms with Crippen LogP contribution < -0.4 is 0 Å². The maximum absolute atomic E-state index is 13.1. The van der Waals surface area contributed by atoms with Gasteiger partial charge in [-0.15, -0.1) is 0 Å². The van der Waals surface area contributed by atoms with Crippen molar-refractivity contribution in [1.29, 1.82) is 0 Å². The lowest BCUT2D eigenvalue weighted by atomic mass is 10.2. The average molecular weight is 378 g/mol. The second-order valence-electron chi connectivity index (χ2n) is 6.62. The van der Waals surface area contributed by atoms with Gasteiger partial charge in [0.15, 0.2) is 5.76 Å². The molecule has 0 bridgehead atoms. The molecule has 1 fully saturated rings. The third-order valence-electron chi connectivity index (χ3n) is 4.82. The van der Waals surface area contributed by atoms with Crippen molar-refractivity contribution in [3.63, 3.8) is 0 Å². The third kappa shape index (κ3) is 3.67. The molecular weight excluding hydrogens is 359 g/mol. The van der Waals surface area contributed by atoms with Gasteiger partial charge in [0.1, 0.15) is 11.6 Å². The molecule has 5 nitrogen and oxygen atoms in total. The molecule has 0 N–H and O–H groups in total. The van der Waals surface area contributed by atoms with Crippen molar-refractivity contribution in [3.8, 4) is 11.3 Å². The van der Waals surface area contributed by atoms with Crippen molar-refractivity contribution in [1.82, 2.24) is 9.80 Å². The number of benzene rings is 2. The van der Waals surface area contributed by atoms with Crippen LogP contribution in [0.25, 0.3) is 11.3 Å². The molecule has 1 saturated heterocycles. The summed E-state index contributed by atoms with van der Waals surface area (Å²) in [6.45, 7) is 1.85. The Morgan fingerprint density at radius 3 is 2.00 bits per heavy atom. The Bertz CT molecular complexity index is 975. The SMILES string of the molecule is O=C(c1ccccc1)N1CCN(C(=O)c2ccc(-c3ccc(F)cc3)o2)CC1. The predicted octanol–water partition coefficient (Wildman–Crippen LogP) is 3.68. The van der Waals surface area contributed by atoms with E-state index in [2.05, 4.69) is 0 Å². The maximum Gasteiger partial charge on any atom is 0.289 e. The Kier molecular flexibility index (Phi) is 4.93. The van der Waals surface area contributed by atoms with Crippen molar-refractivity contribution >= 4 is 11.8 Å². The van der Waals surface area contributed by atoms with Crippen LogP contribution >= 0.6 is 0 Å². The van der Waals surface area contributed by atoms with Gasteiger partial charge in [-0.25, -0.2) is 4.39 Å². The van der Waals surface area contributed by atoms with Crippen molar-refractivity contribution in [2.45, 2.75) is 0 Å². The van der Waals surface area contributed by atoms with Crippen molar-refractivity contribution in [2.24, 2.45) is 0 Å². The first-order chi connectivity index (χ1) is 13.6. The quantitative estimate of drug-likeness (QED) is 0.699. The summed E-state index contributed by atoms with van der Waals surface area (Å²) in [4.78, 5) is 28.7. The van der Waals surface area contributed by atoms with Crippen molar-refractivity contribution in [2.75, 3.05) is 26.2 Å². The van der Waals surface area contributed by atoms with Crippen molar-refractivity contribution < 1.29 is 18.4 Å². The van der Waals surface area contributed by atoms with Crippen LogP contribution in [0.1, 0.15) is 20.9 Å². The molecule has 1 aromatic heterocycles. The van der Waals surface area contributed by atoms with Crippen LogP contribution in [0, 0.1) is 5.82 Å². The summed E-state index contributed by atoms with van der Waals surface area (Å²) in [7, 11) is 0. The number of carbonyl (C=O) groups excluding carboxylic acids is 2. The third-order valence-corrected chi connectivity index (χ3v) is 4.82. The number of furan rings is 1. The lowest BCUT2D eigenvalue weighted by Gasteiger charge is -2.34. The zero-order valence-corrected chi connectivity index (χ0v) is 15.2. The Labute approximate surface area is 162 Å². The van der Waals surface area contributed by atoms with E-state index in [1.165, 1.54) is 12.1 Å². The lowest BCUT2D eigenvalue weighted by Crippen LogP contribution is -2.50. The standard InChI is InChI=1S/C22H19FN2O3/c23-18-8-6-16(7-9-18)19-10-11-20(28-19)22(27)25-14-12-24(13-15-25)21(26)17-4-2-1-3-5-17/h1-11H,12-15H2. The summed E-state index contributed by atoms with van der Waals surface area (Å²) in [5.74, 6) is 0.197. The van der Waals surface area contributed by atoms with E-state index in [4.69, 9.17) is 4.42 Å². The first-order valence-electron chi connectivity index (χ1n) is 9.11. The molecule has 0 aliphatic carbocycles. The summed E-state index contributed by atoms with van der Waals surface area (Å²) in [6, 6.07) is 18.4. The smallest absolute Gasteiger partial charge is 0.289 e. The molecule has 28 heavy (non-hydrogen) atoms. The molecule has 3 aromatic rings. The van der Waals surface area contributed by atoms with Crippen LogP contribution in [0.15, 0.2) is 71.1 Å². The van der Waals surface area contributed by atoms with Crippen LogP contribution in [0.2, 0.25) is 0 Å². The molecule has 0 radical (unpaired) electrons. The number of hydrogen-bond donors (Lipinski definition) is 0. The molecule has 2 aromatic carbocycles. The van der Waals surface area contributed by atoms with Crippen LogP contribution in [0.4, 0.5) is 4.39 Å².